The lowest BCUT2D eigenvalue weighted by atomic mass is 9.85. The molecule has 0 fully saturated rings. The van der Waals surface area contributed by atoms with Crippen molar-refractivity contribution in [3.05, 3.63) is 93.5 Å². The molecule has 3 aromatic rings. The maximum atomic E-state index is 11.3. The Hall–Kier alpha value is -2.82. The van der Waals surface area contributed by atoms with Crippen molar-refractivity contribution in [1.82, 2.24) is 0 Å². The smallest absolute Gasteiger partial charge is 0.335 e. The topological polar surface area (TPSA) is 49.8 Å². The van der Waals surface area contributed by atoms with Gasteiger partial charge < -0.3 is 14.7 Å². The number of benzene rings is 3. The van der Waals surface area contributed by atoms with Gasteiger partial charge in [-0.3, -0.25) is 0 Å². The fraction of sp³-hybridized carbons (Fsp3) is 0.136. The summed E-state index contributed by atoms with van der Waals surface area (Å²) in [6, 6.07) is 19.3. The number of fused-ring (bicyclic) bond motifs is 8. The summed E-state index contributed by atoms with van der Waals surface area (Å²) >= 11 is 6.12. The van der Waals surface area contributed by atoms with E-state index >= 15 is 0 Å². The van der Waals surface area contributed by atoms with E-state index in [0.29, 0.717) is 10.6 Å². The molecule has 0 saturated heterocycles. The summed E-state index contributed by atoms with van der Waals surface area (Å²) in [5.41, 5.74) is 6.59. The highest BCUT2D eigenvalue weighted by molar-refractivity contribution is 6.30. The van der Waals surface area contributed by atoms with Crippen LogP contribution in [-0.4, -0.2) is 18.1 Å². The number of ether oxygens (including phenoxy) is 1. The van der Waals surface area contributed by atoms with E-state index in [2.05, 4.69) is 23.1 Å². The minimum atomic E-state index is -0.921. The van der Waals surface area contributed by atoms with Gasteiger partial charge >= 0.3 is 5.97 Å². The Labute approximate surface area is 161 Å². The standard InChI is InChI=1S/C22H16ClNO3/c1-24(14-4-2-3-13(23)10-14)15-6-8-17-19(11-15)21-18-9-12(22(25)26)5-7-16(18)20(17)27-21/h2-11,20-21H,1H3,(H,25,26)/t20-,21+/m1/s1. The third kappa shape index (κ3) is 2.45. The van der Waals surface area contributed by atoms with Gasteiger partial charge in [0.2, 0.25) is 0 Å². The molecule has 0 amide bonds. The Morgan fingerprint density at radius 2 is 1.59 bits per heavy atom. The normalized spacial score (nSPS) is 18.9. The van der Waals surface area contributed by atoms with Crippen molar-refractivity contribution in [1.29, 1.82) is 0 Å². The molecule has 134 valence electrons. The molecule has 2 aliphatic rings. The maximum absolute atomic E-state index is 11.3. The molecule has 2 heterocycles. The van der Waals surface area contributed by atoms with E-state index in [4.69, 9.17) is 16.3 Å². The highest BCUT2D eigenvalue weighted by atomic mass is 35.5. The van der Waals surface area contributed by atoms with Gasteiger partial charge in [-0.15, -0.1) is 0 Å². The molecule has 2 atom stereocenters. The van der Waals surface area contributed by atoms with E-state index < -0.39 is 5.97 Å². The quantitative estimate of drug-likeness (QED) is 0.670. The van der Waals surface area contributed by atoms with Gasteiger partial charge in [-0.2, -0.15) is 0 Å². The lowest BCUT2D eigenvalue weighted by Crippen LogP contribution is -2.11. The molecule has 27 heavy (non-hydrogen) atoms. The Kier molecular flexibility index (Phi) is 3.54. The van der Waals surface area contributed by atoms with E-state index in [1.165, 1.54) is 0 Å². The van der Waals surface area contributed by atoms with Crippen molar-refractivity contribution in [2.75, 3.05) is 11.9 Å². The van der Waals surface area contributed by atoms with E-state index in [1.807, 2.05) is 37.4 Å². The second kappa shape index (κ2) is 5.84. The van der Waals surface area contributed by atoms with Crippen molar-refractivity contribution in [3.8, 4) is 0 Å². The van der Waals surface area contributed by atoms with Gasteiger partial charge in [-0.05, 0) is 64.7 Å². The first-order valence-corrected chi connectivity index (χ1v) is 9.06. The summed E-state index contributed by atoms with van der Waals surface area (Å²) in [4.78, 5) is 13.4. The molecule has 0 saturated carbocycles. The van der Waals surface area contributed by atoms with Crippen LogP contribution in [0.15, 0.2) is 60.7 Å². The van der Waals surface area contributed by atoms with E-state index in [0.717, 1.165) is 33.6 Å². The summed E-state index contributed by atoms with van der Waals surface area (Å²) in [6.45, 7) is 0. The first kappa shape index (κ1) is 16.4. The van der Waals surface area contributed by atoms with Crippen LogP contribution < -0.4 is 4.90 Å². The Balaban J connectivity index is 1.55. The molecular formula is C22H16ClNO3. The molecule has 0 aromatic heterocycles. The van der Waals surface area contributed by atoms with Gasteiger partial charge in [0.05, 0.1) is 5.56 Å². The largest absolute Gasteiger partial charge is 0.478 e. The first-order valence-electron chi connectivity index (χ1n) is 8.68. The molecule has 2 bridgehead atoms. The Morgan fingerprint density at radius 1 is 0.926 bits per heavy atom. The van der Waals surface area contributed by atoms with E-state index in [-0.39, 0.29) is 12.2 Å². The minimum Gasteiger partial charge on any atom is -0.478 e. The van der Waals surface area contributed by atoms with Gasteiger partial charge in [-0.1, -0.05) is 29.8 Å². The number of anilines is 2. The van der Waals surface area contributed by atoms with Crippen LogP contribution in [0, 0.1) is 0 Å². The zero-order valence-electron chi connectivity index (χ0n) is 14.5. The van der Waals surface area contributed by atoms with Crippen LogP contribution in [0.3, 0.4) is 0 Å². The average Bonchev–Trinajstić information content (AvgIpc) is 3.24. The van der Waals surface area contributed by atoms with E-state index in [9.17, 15) is 9.90 Å². The van der Waals surface area contributed by atoms with Crippen molar-refractivity contribution in [2.45, 2.75) is 12.2 Å². The zero-order valence-corrected chi connectivity index (χ0v) is 15.3. The predicted octanol–water partition coefficient (Wildman–Crippen LogP) is 5.33. The fourth-order valence-electron chi connectivity index (χ4n) is 4.01. The molecule has 0 spiro atoms. The zero-order chi connectivity index (χ0) is 18.7. The molecule has 5 rings (SSSR count). The molecule has 0 aliphatic carbocycles. The summed E-state index contributed by atoms with van der Waals surface area (Å²) in [5, 5.41) is 9.98. The van der Waals surface area contributed by atoms with Crippen LogP contribution in [0.4, 0.5) is 11.4 Å². The Bertz CT molecular complexity index is 1090. The molecule has 0 unspecified atom stereocenters. The van der Waals surface area contributed by atoms with Gasteiger partial charge in [0.25, 0.3) is 0 Å². The number of halogens is 1. The lowest BCUT2D eigenvalue weighted by Gasteiger charge is -2.23. The molecule has 3 aromatic carbocycles. The summed E-state index contributed by atoms with van der Waals surface area (Å²) in [6.07, 6.45) is -0.333. The van der Waals surface area contributed by atoms with Crippen LogP contribution in [0.2, 0.25) is 5.02 Å². The average molecular weight is 378 g/mol. The molecular weight excluding hydrogens is 362 g/mol. The molecule has 5 heteroatoms. The molecule has 1 N–H and O–H groups in total. The number of carboxylic acid groups (broad SMARTS) is 1. The van der Waals surface area contributed by atoms with Gasteiger partial charge in [0.1, 0.15) is 12.2 Å². The number of rotatable bonds is 3. The second-order valence-corrected chi connectivity index (χ2v) is 7.33. The second-order valence-electron chi connectivity index (χ2n) is 6.90. The maximum Gasteiger partial charge on any atom is 0.335 e. The van der Waals surface area contributed by atoms with Crippen LogP contribution in [0.1, 0.15) is 44.8 Å². The van der Waals surface area contributed by atoms with Gasteiger partial charge in [-0.25, -0.2) is 4.79 Å². The van der Waals surface area contributed by atoms with Gasteiger partial charge in [0, 0.05) is 23.4 Å². The fourth-order valence-corrected chi connectivity index (χ4v) is 4.19. The van der Waals surface area contributed by atoms with Crippen LogP contribution in [0.25, 0.3) is 0 Å². The predicted molar refractivity (Wildman–Crippen MR) is 104 cm³/mol. The van der Waals surface area contributed by atoms with Crippen LogP contribution in [-0.2, 0) is 4.74 Å². The highest BCUT2D eigenvalue weighted by Gasteiger charge is 2.43. The lowest BCUT2D eigenvalue weighted by molar-refractivity contribution is 0.0696. The third-order valence-electron chi connectivity index (χ3n) is 5.39. The number of hydrogen-bond acceptors (Lipinski definition) is 3. The van der Waals surface area contributed by atoms with Crippen LogP contribution in [0.5, 0.6) is 0 Å². The van der Waals surface area contributed by atoms with Crippen LogP contribution >= 0.6 is 11.6 Å². The molecule has 2 aliphatic heterocycles. The number of carbonyl (C=O) groups is 1. The van der Waals surface area contributed by atoms with E-state index in [1.54, 1.807) is 12.1 Å². The Morgan fingerprint density at radius 3 is 2.33 bits per heavy atom. The minimum absolute atomic E-state index is 0.117. The van der Waals surface area contributed by atoms with Crippen molar-refractivity contribution in [2.24, 2.45) is 0 Å². The summed E-state index contributed by atoms with van der Waals surface area (Å²) < 4.78 is 6.17. The van der Waals surface area contributed by atoms with Crippen molar-refractivity contribution in [3.63, 3.8) is 0 Å². The molecule has 0 radical (unpaired) electrons. The monoisotopic (exact) mass is 377 g/mol. The number of carboxylic acids is 1. The molecule has 4 nitrogen and oxygen atoms in total. The SMILES string of the molecule is CN(c1cccc(Cl)c1)c1ccc2c(c1)[C@H]1O[C@@H]2c2ccc(C(=O)O)cc21. The number of aromatic carboxylic acids is 1. The number of hydrogen-bond donors (Lipinski definition) is 1. The summed E-state index contributed by atoms with van der Waals surface area (Å²) in [7, 11) is 2.00. The number of nitrogens with zero attached hydrogens (tertiary/aromatic N) is 1. The van der Waals surface area contributed by atoms with Gasteiger partial charge in [0.15, 0.2) is 0 Å². The summed E-state index contributed by atoms with van der Waals surface area (Å²) in [5.74, 6) is -0.921. The third-order valence-corrected chi connectivity index (χ3v) is 5.62. The first-order chi connectivity index (χ1) is 13.0. The highest BCUT2D eigenvalue weighted by Crippen LogP contribution is 2.55. The van der Waals surface area contributed by atoms with Crippen molar-refractivity contribution < 1.29 is 14.6 Å². The van der Waals surface area contributed by atoms with Crippen molar-refractivity contribution >= 4 is 28.9 Å².